The Morgan fingerprint density at radius 1 is 1.29 bits per heavy atom. The summed E-state index contributed by atoms with van der Waals surface area (Å²) in [7, 11) is 0. The molecule has 4 heteroatoms. The molecular weight excluding hydrogens is 264 g/mol. The fourth-order valence-corrected chi connectivity index (χ4v) is 2.01. The van der Waals surface area contributed by atoms with Crippen molar-refractivity contribution in [1.82, 2.24) is 4.98 Å². The topological polar surface area (TPSA) is 62.2 Å². The van der Waals surface area contributed by atoms with Crippen LogP contribution in [0.15, 0.2) is 36.4 Å². The number of benzene rings is 1. The van der Waals surface area contributed by atoms with Crippen LogP contribution >= 0.6 is 0 Å². The number of aliphatic hydroxyl groups excluding tert-OH is 1. The molecule has 1 aromatic heterocycles. The minimum Gasteiger partial charge on any atom is -0.384 e. The molecule has 0 spiro atoms. The molecule has 2 rings (SSSR count). The second-order valence-electron chi connectivity index (χ2n) is 4.63. The van der Waals surface area contributed by atoms with E-state index in [2.05, 4.69) is 22.1 Å². The number of aromatic nitrogens is 1. The van der Waals surface area contributed by atoms with E-state index in [-0.39, 0.29) is 12.5 Å². The molecule has 0 aliphatic rings. The number of hydrogen-bond donors (Lipinski definition) is 2. The second-order valence-corrected chi connectivity index (χ2v) is 4.63. The molecule has 2 aromatic rings. The third-order valence-electron chi connectivity index (χ3n) is 2.81. The predicted octanol–water partition coefficient (Wildman–Crippen LogP) is 2.29. The Morgan fingerprint density at radius 3 is 2.76 bits per heavy atom. The maximum absolute atomic E-state index is 12.3. The van der Waals surface area contributed by atoms with Crippen LogP contribution in [0.3, 0.4) is 0 Å². The van der Waals surface area contributed by atoms with Crippen molar-refractivity contribution in [2.75, 3.05) is 11.9 Å². The molecule has 0 saturated carbocycles. The zero-order chi connectivity index (χ0) is 15.2. The Kier molecular flexibility index (Phi) is 4.70. The van der Waals surface area contributed by atoms with E-state index in [1.807, 2.05) is 26.0 Å². The Morgan fingerprint density at radius 2 is 2.05 bits per heavy atom. The van der Waals surface area contributed by atoms with Gasteiger partial charge in [0, 0.05) is 11.3 Å². The van der Waals surface area contributed by atoms with Crippen molar-refractivity contribution < 1.29 is 9.90 Å². The van der Waals surface area contributed by atoms with Crippen LogP contribution in [-0.2, 0) is 0 Å². The molecule has 0 radical (unpaired) electrons. The molecule has 21 heavy (non-hydrogen) atoms. The van der Waals surface area contributed by atoms with E-state index in [4.69, 9.17) is 5.11 Å². The number of pyridine rings is 1. The number of amides is 1. The van der Waals surface area contributed by atoms with Gasteiger partial charge in [-0.05, 0) is 43.7 Å². The number of nitrogens with one attached hydrogen (secondary N) is 1. The Bertz CT molecular complexity index is 707. The van der Waals surface area contributed by atoms with Gasteiger partial charge in [0.1, 0.15) is 12.4 Å². The third-order valence-corrected chi connectivity index (χ3v) is 2.81. The molecule has 0 aliphatic carbocycles. The lowest BCUT2D eigenvalue weighted by atomic mass is 10.1. The highest BCUT2D eigenvalue weighted by molar-refractivity contribution is 6.05. The van der Waals surface area contributed by atoms with Gasteiger partial charge in [-0.25, -0.2) is 4.98 Å². The smallest absolute Gasteiger partial charge is 0.258 e. The van der Waals surface area contributed by atoms with Gasteiger partial charge in [0.15, 0.2) is 0 Å². The summed E-state index contributed by atoms with van der Waals surface area (Å²) in [6, 6.07) is 10.8. The van der Waals surface area contributed by atoms with Crippen LogP contribution < -0.4 is 5.32 Å². The number of hydrogen-bond acceptors (Lipinski definition) is 3. The minimum absolute atomic E-state index is 0.241. The minimum atomic E-state index is -0.268. The van der Waals surface area contributed by atoms with Gasteiger partial charge in [-0.15, -0.1) is 0 Å². The number of nitrogens with zero attached hydrogens (tertiary/aromatic N) is 1. The standard InChI is InChI=1S/C17H16N2O2/c1-12-10-13(2)18-16(11-12)19-17(21)15-8-4-3-6-14(15)7-5-9-20/h3-4,6,8,10-11,20H,9H2,1-2H3,(H,18,19,21). The van der Waals surface area contributed by atoms with Crippen LogP contribution in [0.1, 0.15) is 27.2 Å². The third kappa shape index (κ3) is 3.91. The van der Waals surface area contributed by atoms with Gasteiger partial charge in [0.05, 0.1) is 5.56 Å². The van der Waals surface area contributed by atoms with Crippen molar-refractivity contribution in [2.24, 2.45) is 0 Å². The molecule has 1 heterocycles. The maximum Gasteiger partial charge on any atom is 0.258 e. The van der Waals surface area contributed by atoms with Gasteiger partial charge in [-0.1, -0.05) is 24.0 Å². The summed E-state index contributed by atoms with van der Waals surface area (Å²) in [5, 5.41) is 11.5. The molecule has 2 N–H and O–H groups in total. The average molecular weight is 280 g/mol. The van der Waals surface area contributed by atoms with Crippen LogP contribution in [0.2, 0.25) is 0 Å². The van der Waals surface area contributed by atoms with Gasteiger partial charge in [-0.3, -0.25) is 4.79 Å². The van der Waals surface area contributed by atoms with Crippen molar-refractivity contribution in [3.05, 3.63) is 58.8 Å². The van der Waals surface area contributed by atoms with Gasteiger partial charge in [0.25, 0.3) is 5.91 Å². The fraction of sp³-hybridized carbons (Fsp3) is 0.176. The second kappa shape index (κ2) is 6.69. The van der Waals surface area contributed by atoms with Gasteiger partial charge < -0.3 is 10.4 Å². The molecule has 0 unspecified atom stereocenters. The summed E-state index contributed by atoms with van der Waals surface area (Å²) in [5.74, 6) is 5.57. The molecule has 0 bridgehead atoms. The number of aliphatic hydroxyl groups is 1. The number of anilines is 1. The Labute approximate surface area is 123 Å². The number of aryl methyl sites for hydroxylation is 2. The molecule has 0 saturated heterocycles. The van der Waals surface area contributed by atoms with Crippen molar-refractivity contribution in [3.63, 3.8) is 0 Å². The molecule has 4 nitrogen and oxygen atoms in total. The lowest BCUT2D eigenvalue weighted by Gasteiger charge is -2.08. The lowest BCUT2D eigenvalue weighted by Crippen LogP contribution is -2.14. The van der Waals surface area contributed by atoms with Gasteiger partial charge in [-0.2, -0.15) is 0 Å². The number of carbonyl (C=O) groups is 1. The lowest BCUT2D eigenvalue weighted by molar-refractivity contribution is 0.102. The first-order valence-corrected chi connectivity index (χ1v) is 6.55. The van der Waals surface area contributed by atoms with E-state index in [0.29, 0.717) is 16.9 Å². The summed E-state index contributed by atoms with van der Waals surface area (Å²) < 4.78 is 0. The quantitative estimate of drug-likeness (QED) is 0.830. The SMILES string of the molecule is Cc1cc(C)nc(NC(=O)c2ccccc2C#CCO)c1. The molecule has 0 fully saturated rings. The molecule has 0 aliphatic heterocycles. The number of carbonyl (C=O) groups excluding carboxylic acids is 1. The zero-order valence-corrected chi connectivity index (χ0v) is 12.0. The summed E-state index contributed by atoms with van der Waals surface area (Å²) in [5.41, 5.74) is 2.91. The molecule has 106 valence electrons. The van der Waals surface area contributed by atoms with Crippen molar-refractivity contribution in [2.45, 2.75) is 13.8 Å². The van der Waals surface area contributed by atoms with E-state index >= 15 is 0 Å². The van der Waals surface area contributed by atoms with Gasteiger partial charge in [0.2, 0.25) is 0 Å². The van der Waals surface area contributed by atoms with E-state index in [9.17, 15) is 4.79 Å². The van der Waals surface area contributed by atoms with Crippen LogP contribution in [0.25, 0.3) is 0 Å². The Hall–Kier alpha value is -2.64. The maximum atomic E-state index is 12.3. The molecule has 0 atom stereocenters. The van der Waals surface area contributed by atoms with Crippen molar-refractivity contribution in [1.29, 1.82) is 0 Å². The first-order chi connectivity index (χ1) is 10.1. The highest BCUT2D eigenvalue weighted by atomic mass is 16.2. The predicted molar refractivity (Wildman–Crippen MR) is 82.1 cm³/mol. The zero-order valence-electron chi connectivity index (χ0n) is 12.0. The summed E-state index contributed by atoms with van der Waals surface area (Å²) in [6.07, 6.45) is 0. The highest BCUT2D eigenvalue weighted by Gasteiger charge is 2.10. The monoisotopic (exact) mass is 280 g/mol. The normalized spacial score (nSPS) is 9.67. The van der Waals surface area contributed by atoms with Crippen LogP contribution in [0.5, 0.6) is 0 Å². The first kappa shape index (κ1) is 14.8. The van der Waals surface area contributed by atoms with E-state index in [1.54, 1.807) is 24.3 Å². The summed E-state index contributed by atoms with van der Waals surface area (Å²) in [4.78, 5) is 16.6. The van der Waals surface area contributed by atoms with E-state index in [0.717, 1.165) is 11.3 Å². The highest BCUT2D eigenvalue weighted by Crippen LogP contribution is 2.13. The van der Waals surface area contributed by atoms with Crippen molar-refractivity contribution >= 4 is 11.7 Å². The summed E-state index contributed by atoms with van der Waals surface area (Å²) in [6.45, 7) is 3.59. The average Bonchev–Trinajstić information content (AvgIpc) is 2.44. The summed E-state index contributed by atoms with van der Waals surface area (Å²) >= 11 is 0. The van der Waals surface area contributed by atoms with Crippen molar-refractivity contribution in [3.8, 4) is 11.8 Å². The Balaban J connectivity index is 2.28. The molecular formula is C17H16N2O2. The first-order valence-electron chi connectivity index (χ1n) is 6.55. The molecule has 1 amide bonds. The van der Waals surface area contributed by atoms with E-state index < -0.39 is 0 Å². The van der Waals surface area contributed by atoms with Crippen LogP contribution in [0, 0.1) is 25.7 Å². The van der Waals surface area contributed by atoms with Crippen LogP contribution in [-0.4, -0.2) is 22.6 Å². The van der Waals surface area contributed by atoms with Crippen LogP contribution in [0.4, 0.5) is 5.82 Å². The van der Waals surface area contributed by atoms with Gasteiger partial charge >= 0.3 is 0 Å². The fourth-order valence-electron chi connectivity index (χ4n) is 2.01. The molecule has 1 aromatic carbocycles. The largest absolute Gasteiger partial charge is 0.384 e. The van der Waals surface area contributed by atoms with E-state index in [1.165, 1.54) is 0 Å². The number of rotatable bonds is 2.